The van der Waals surface area contributed by atoms with E-state index in [0.29, 0.717) is 35.6 Å². The number of benzene rings is 2. The highest BCUT2D eigenvalue weighted by Crippen LogP contribution is 2.36. The maximum Gasteiger partial charge on any atom is 0.311 e. The molecule has 10 nitrogen and oxygen atoms in total. The van der Waals surface area contributed by atoms with Crippen LogP contribution in [0.25, 0.3) is 16.9 Å². The van der Waals surface area contributed by atoms with E-state index in [-0.39, 0.29) is 23.4 Å². The van der Waals surface area contributed by atoms with Gasteiger partial charge in [0.15, 0.2) is 5.75 Å². The monoisotopic (exact) mass is 528 g/mol. The molecule has 0 bridgehead atoms. The Labute approximate surface area is 226 Å². The number of nitrogens with one attached hydrogen (secondary N) is 2. The van der Waals surface area contributed by atoms with E-state index in [9.17, 15) is 14.9 Å². The van der Waals surface area contributed by atoms with E-state index < -0.39 is 4.92 Å². The highest BCUT2D eigenvalue weighted by Gasteiger charge is 2.23. The zero-order valence-corrected chi connectivity index (χ0v) is 21.9. The van der Waals surface area contributed by atoms with Gasteiger partial charge in [0.2, 0.25) is 0 Å². The summed E-state index contributed by atoms with van der Waals surface area (Å²) in [4.78, 5) is 29.1. The fourth-order valence-corrected chi connectivity index (χ4v) is 5.10. The number of pyridine rings is 1. The second-order valence-electron chi connectivity index (χ2n) is 9.78. The van der Waals surface area contributed by atoms with Crippen LogP contribution in [0.1, 0.15) is 53.6 Å². The number of carbonyl (C=O) groups excluding carboxylic acids is 1. The van der Waals surface area contributed by atoms with E-state index in [0.717, 1.165) is 42.6 Å². The Morgan fingerprint density at radius 1 is 1.13 bits per heavy atom. The predicted octanol–water partition coefficient (Wildman–Crippen LogP) is 5.05. The van der Waals surface area contributed by atoms with Crippen molar-refractivity contribution < 1.29 is 14.5 Å². The van der Waals surface area contributed by atoms with Crippen molar-refractivity contribution >= 4 is 23.1 Å². The highest BCUT2D eigenvalue weighted by molar-refractivity contribution is 5.95. The first-order valence-electron chi connectivity index (χ1n) is 13.1. The number of ether oxygens (including phenoxy) is 1. The third-order valence-corrected chi connectivity index (χ3v) is 7.16. The minimum Gasteiger partial charge on any atom is -0.490 e. The number of nitrogens with two attached hydrogens (primary N) is 1. The van der Waals surface area contributed by atoms with Crippen LogP contribution in [0.15, 0.2) is 60.8 Å². The molecule has 202 valence electrons. The molecule has 1 amide bonds. The molecular weight excluding hydrogens is 496 g/mol. The smallest absolute Gasteiger partial charge is 0.311 e. The summed E-state index contributed by atoms with van der Waals surface area (Å²) in [5.41, 5.74) is 9.79. The van der Waals surface area contributed by atoms with Gasteiger partial charge in [-0.2, -0.15) is 0 Å². The molecule has 5 rings (SSSR count). The number of carbonyl (C=O) groups is 1. The average molecular weight is 529 g/mol. The fourth-order valence-electron chi connectivity index (χ4n) is 5.10. The summed E-state index contributed by atoms with van der Waals surface area (Å²) in [7, 11) is 1.41. The van der Waals surface area contributed by atoms with Gasteiger partial charge in [0.1, 0.15) is 17.2 Å². The van der Waals surface area contributed by atoms with Crippen LogP contribution < -0.4 is 21.1 Å². The molecule has 0 saturated heterocycles. The Morgan fingerprint density at radius 2 is 1.92 bits per heavy atom. The molecule has 39 heavy (non-hydrogen) atoms. The lowest BCUT2D eigenvalue weighted by atomic mass is 9.95. The molecule has 0 unspecified atom stereocenters. The van der Waals surface area contributed by atoms with Gasteiger partial charge in [0.25, 0.3) is 5.91 Å². The molecule has 2 heterocycles. The predicted molar refractivity (Wildman–Crippen MR) is 150 cm³/mol. The molecule has 10 heteroatoms. The van der Waals surface area contributed by atoms with E-state index in [4.69, 9.17) is 15.5 Å². The first kappa shape index (κ1) is 26.2. The first-order chi connectivity index (χ1) is 19.0. The van der Waals surface area contributed by atoms with Crippen molar-refractivity contribution in [2.75, 3.05) is 12.4 Å². The van der Waals surface area contributed by atoms with Gasteiger partial charge in [0.05, 0.1) is 12.0 Å². The van der Waals surface area contributed by atoms with Crippen molar-refractivity contribution in [3.05, 3.63) is 87.6 Å². The number of nitro benzene ring substituents is 1. The van der Waals surface area contributed by atoms with E-state index in [1.54, 1.807) is 24.3 Å². The van der Waals surface area contributed by atoms with Crippen LogP contribution in [-0.4, -0.2) is 33.4 Å². The van der Waals surface area contributed by atoms with Crippen LogP contribution in [-0.2, 0) is 13.1 Å². The molecule has 0 aliphatic heterocycles. The number of anilines is 1. The molecule has 1 aliphatic rings. The average Bonchev–Trinajstić information content (AvgIpc) is 3.33. The maximum atomic E-state index is 13.0. The molecule has 2 aromatic carbocycles. The molecule has 1 saturated carbocycles. The topological polar surface area (TPSA) is 137 Å². The lowest BCUT2D eigenvalue weighted by Crippen LogP contribution is -2.24. The molecule has 0 spiro atoms. The van der Waals surface area contributed by atoms with Crippen LogP contribution in [0.4, 0.5) is 11.5 Å². The summed E-state index contributed by atoms with van der Waals surface area (Å²) in [5.74, 6) is 0.717. The van der Waals surface area contributed by atoms with Crippen molar-refractivity contribution in [1.29, 1.82) is 0 Å². The van der Waals surface area contributed by atoms with Crippen molar-refractivity contribution in [2.24, 2.45) is 5.73 Å². The number of methoxy groups -OCH3 is 1. The number of amides is 1. The van der Waals surface area contributed by atoms with Gasteiger partial charge in [-0.15, -0.1) is 0 Å². The van der Waals surface area contributed by atoms with Crippen LogP contribution >= 0.6 is 0 Å². The Hall–Kier alpha value is -4.44. The Bertz CT molecular complexity index is 1510. The molecule has 4 aromatic rings. The lowest BCUT2D eigenvalue weighted by Gasteiger charge is -2.24. The zero-order valence-electron chi connectivity index (χ0n) is 21.9. The maximum absolute atomic E-state index is 13.0. The molecule has 0 radical (unpaired) electrons. The SMILES string of the molecule is COc1ccc(-c2nc3cc(C(=O)NCc4cccc(CN)c4)ccn3c2NC2CCCCC2)cc1[N+](=O)[O-]. The van der Waals surface area contributed by atoms with Crippen molar-refractivity contribution in [3.63, 3.8) is 0 Å². The fraction of sp³-hybridized carbons (Fsp3) is 0.310. The van der Waals surface area contributed by atoms with Gasteiger partial charge in [-0.05, 0) is 48.2 Å². The van der Waals surface area contributed by atoms with Gasteiger partial charge in [-0.25, -0.2) is 4.98 Å². The Kier molecular flexibility index (Phi) is 7.74. The van der Waals surface area contributed by atoms with E-state index in [2.05, 4.69) is 10.6 Å². The van der Waals surface area contributed by atoms with Gasteiger partial charge >= 0.3 is 5.69 Å². The Morgan fingerprint density at radius 3 is 2.67 bits per heavy atom. The van der Waals surface area contributed by atoms with Crippen LogP contribution in [0.5, 0.6) is 5.75 Å². The quantitative estimate of drug-likeness (QED) is 0.204. The van der Waals surface area contributed by atoms with Crippen LogP contribution in [0, 0.1) is 10.1 Å². The zero-order chi connectivity index (χ0) is 27.4. The van der Waals surface area contributed by atoms with Gasteiger partial charge in [-0.3, -0.25) is 19.3 Å². The largest absolute Gasteiger partial charge is 0.490 e. The number of aromatic nitrogens is 2. The summed E-state index contributed by atoms with van der Waals surface area (Å²) >= 11 is 0. The minimum atomic E-state index is -0.460. The molecular formula is C29H32N6O4. The second-order valence-corrected chi connectivity index (χ2v) is 9.78. The van der Waals surface area contributed by atoms with Crippen molar-refractivity contribution in [3.8, 4) is 17.0 Å². The number of nitrogens with zero attached hydrogens (tertiary/aromatic N) is 3. The second kappa shape index (κ2) is 11.5. The Balaban J connectivity index is 1.49. The van der Waals surface area contributed by atoms with Crippen molar-refractivity contribution in [1.82, 2.24) is 14.7 Å². The highest BCUT2D eigenvalue weighted by atomic mass is 16.6. The number of nitro groups is 1. The van der Waals surface area contributed by atoms with Crippen LogP contribution in [0.3, 0.4) is 0 Å². The third-order valence-electron chi connectivity index (χ3n) is 7.16. The van der Waals surface area contributed by atoms with Gasteiger partial charge in [0, 0.05) is 42.5 Å². The van der Waals surface area contributed by atoms with E-state index in [1.807, 2.05) is 34.9 Å². The van der Waals surface area contributed by atoms with Gasteiger partial charge in [-0.1, -0.05) is 43.5 Å². The van der Waals surface area contributed by atoms with E-state index >= 15 is 0 Å². The number of rotatable bonds is 9. The standard InChI is InChI=1S/C29H32N6O4/c1-39-25-11-10-21(15-24(25)35(37)38)27-28(32-23-8-3-2-4-9-23)34-13-12-22(16-26(34)33-27)29(36)31-18-20-7-5-6-19(14-20)17-30/h5-7,10-16,23,32H,2-4,8-9,17-18,30H2,1H3,(H,31,36). The summed E-state index contributed by atoms with van der Waals surface area (Å²) in [6.45, 7) is 0.816. The molecule has 1 fully saturated rings. The number of hydrogen-bond donors (Lipinski definition) is 3. The summed E-state index contributed by atoms with van der Waals surface area (Å²) in [6, 6.07) is 16.4. The van der Waals surface area contributed by atoms with Crippen LogP contribution in [0.2, 0.25) is 0 Å². The minimum absolute atomic E-state index is 0.130. The number of fused-ring (bicyclic) bond motifs is 1. The third kappa shape index (κ3) is 5.70. The van der Waals surface area contributed by atoms with Gasteiger partial charge < -0.3 is 21.1 Å². The number of hydrogen-bond acceptors (Lipinski definition) is 7. The molecule has 4 N–H and O–H groups in total. The molecule has 2 aromatic heterocycles. The van der Waals surface area contributed by atoms with Crippen molar-refractivity contribution in [2.45, 2.75) is 51.2 Å². The molecule has 1 aliphatic carbocycles. The summed E-state index contributed by atoms with van der Waals surface area (Å²) < 4.78 is 7.09. The normalized spacial score (nSPS) is 13.8. The number of imidazole rings is 1. The first-order valence-corrected chi connectivity index (χ1v) is 13.1. The summed E-state index contributed by atoms with van der Waals surface area (Å²) in [6.07, 6.45) is 7.42. The van der Waals surface area contributed by atoms with E-state index in [1.165, 1.54) is 19.6 Å². The summed E-state index contributed by atoms with van der Waals surface area (Å²) in [5, 5.41) is 18.3. The lowest BCUT2D eigenvalue weighted by molar-refractivity contribution is -0.385. The molecule has 0 atom stereocenters.